The molecule has 0 saturated carbocycles. The average molecular weight is 726 g/mol. The number of amides is 1. The lowest BCUT2D eigenvalue weighted by Gasteiger charge is -2.13. The van der Waals surface area contributed by atoms with Gasteiger partial charge in [0.25, 0.3) is 5.91 Å². The number of benzene rings is 5. The van der Waals surface area contributed by atoms with Crippen molar-refractivity contribution in [2.75, 3.05) is 5.32 Å². The van der Waals surface area contributed by atoms with Gasteiger partial charge in [0, 0.05) is 22.2 Å². The fraction of sp³-hybridized carbons (Fsp3) is 0.0571. The molecule has 6 aromatic rings. The summed E-state index contributed by atoms with van der Waals surface area (Å²) < 4.78 is 7.72. The second kappa shape index (κ2) is 13.5. The first kappa shape index (κ1) is 29.7. The fourth-order valence-corrected chi connectivity index (χ4v) is 6.80. The SMILES string of the molecule is Cc1ccc(Nc2nc(-c3ccc(C(=O)N/N=C\c4cc(Br)c(OCc5cccc6ccccc56)c(Br)c4)cc3)cs2)cc1. The molecule has 6 nitrogen and oxygen atoms in total. The Labute approximate surface area is 276 Å². The van der Waals surface area contributed by atoms with Crippen LogP contribution in [0.4, 0.5) is 10.8 Å². The molecule has 218 valence electrons. The van der Waals surface area contributed by atoms with E-state index in [-0.39, 0.29) is 5.91 Å². The molecule has 2 N–H and O–H groups in total. The summed E-state index contributed by atoms with van der Waals surface area (Å²) in [5.74, 6) is 0.387. The number of thiazole rings is 1. The van der Waals surface area contributed by atoms with Crippen molar-refractivity contribution in [1.29, 1.82) is 0 Å². The van der Waals surface area contributed by atoms with Crippen molar-refractivity contribution in [3.8, 4) is 17.0 Å². The number of ether oxygens (including phenoxy) is 1. The number of rotatable bonds is 9. The molecule has 1 aromatic heterocycles. The quantitative estimate of drug-likeness (QED) is 0.115. The Bertz CT molecular complexity index is 1940. The zero-order chi connectivity index (χ0) is 30.5. The van der Waals surface area contributed by atoms with Crippen LogP contribution in [0.2, 0.25) is 0 Å². The van der Waals surface area contributed by atoms with Crippen molar-refractivity contribution in [2.45, 2.75) is 13.5 Å². The first-order chi connectivity index (χ1) is 21.4. The van der Waals surface area contributed by atoms with Gasteiger partial charge in [0.05, 0.1) is 20.9 Å². The first-order valence-corrected chi connectivity index (χ1v) is 16.2. The van der Waals surface area contributed by atoms with E-state index in [1.165, 1.54) is 27.7 Å². The summed E-state index contributed by atoms with van der Waals surface area (Å²) in [5, 5.41) is 12.6. The molecule has 1 amide bonds. The van der Waals surface area contributed by atoms with E-state index in [1.807, 2.05) is 60.0 Å². The largest absolute Gasteiger partial charge is 0.487 e. The highest BCUT2D eigenvalue weighted by atomic mass is 79.9. The van der Waals surface area contributed by atoms with Crippen molar-refractivity contribution in [3.05, 3.63) is 140 Å². The molecular formula is C35H26Br2N4O2S. The molecule has 0 bridgehead atoms. The lowest BCUT2D eigenvalue weighted by molar-refractivity contribution is 0.0955. The van der Waals surface area contributed by atoms with E-state index in [2.05, 4.69) is 96.0 Å². The Morgan fingerprint density at radius 3 is 2.43 bits per heavy atom. The number of aromatic nitrogens is 1. The van der Waals surface area contributed by atoms with Crippen molar-refractivity contribution in [1.82, 2.24) is 10.4 Å². The Kier molecular flexibility index (Phi) is 9.16. The number of hydrogen-bond acceptors (Lipinski definition) is 6. The molecule has 0 saturated heterocycles. The molecule has 0 unspecified atom stereocenters. The second-order valence-electron chi connectivity index (χ2n) is 10.0. The van der Waals surface area contributed by atoms with Gasteiger partial charge < -0.3 is 10.1 Å². The summed E-state index contributed by atoms with van der Waals surface area (Å²) in [7, 11) is 0. The van der Waals surface area contributed by atoms with Gasteiger partial charge in [0.2, 0.25) is 0 Å². The van der Waals surface area contributed by atoms with Crippen LogP contribution in [0.3, 0.4) is 0 Å². The van der Waals surface area contributed by atoms with Gasteiger partial charge in [-0.05, 0) is 97.1 Å². The molecule has 6 rings (SSSR count). The molecule has 0 radical (unpaired) electrons. The molecule has 0 fully saturated rings. The Balaban J connectivity index is 1.05. The third kappa shape index (κ3) is 7.07. The summed E-state index contributed by atoms with van der Waals surface area (Å²) >= 11 is 8.76. The van der Waals surface area contributed by atoms with Gasteiger partial charge in [0.1, 0.15) is 12.4 Å². The number of carbonyl (C=O) groups excluding carboxylic acids is 1. The van der Waals surface area contributed by atoms with Gasteiger partial charge >= 0.3 is 0 Å². The van der Waals surface area contributed by atoms with Crippen molar-refractivity contribution in [3.63, 3.8) is 0 Å². The second-order valence-corrected chi connectivity index (χ2v) is 12.6. The molecule has 0 spiro atoms. The number of hydrazone groups is 1. The summed E-state index contributed by atoms with van der Waals surface area (Å²) in [4.78, 5) is 17.4. The molecular weight excluding hydrogens is 700 g/mol. The van der Waals surface area contributed by atoms with Crippen LogP contribution in [0.25, 0.3) is 22.0 Å². The van der Waals surface area contributed by atoms with Crippen LogP contribution in [-0.2, 0) is 6.61 Å². The van der Waals surface area contributed by atoms with Crippen molar-refractivity contribution < 1.29 is 9.53 Å². The van der Waals surface area contributed by atoms with E-state index in [9.17, 15) is 4.79 Å². The van der Waals surface area contributed by atoms with Gasteiger partial charge in [-0.2, -0.15) is 5.10 Å². The van der Waals surface area contributed by atoms with Crippen LogP contribution < -0.4 is 15.5 Å². The van der Waals surface area contributed by atoms with E-state index in [0.29, 0.717) is 17.9 Å². The minimum Gasteiger partial charge on any atom is -0.487 e. The summed E-state index contributed by atoms with van der Waals surface area (Å²) in [6.45, 7) is 2.48. The Morgan fingerprint density at radius 1 is 0.932 bits per heavy atom. The topological polar surface area (TPSA) is 75.6 Å². The third-order valence-corrected chi connectivity index (χ3v) is 8.84. The molecule has 0 aliphatic heterocycles. The van der Waals surface area contributed by atoms with E-state index >= 15 is 0 Å². The zero-order valence-corrected chi connectivity index (χ0v) is 27.5. The molecule has 0 aliphatic carbocycles. The highest BCUT2D eigenvalue weighted by Gasteiger charge is 2.11. The molecule has 44 heavy (non-hydrogen) atoms. The number of fused-ring (bicyclic) bond motifs is 1. The first-order valence-electron chi connectivity index (χ1n) is 13.7. The Morgan fingerprint density at radius 2 is 1.66 bits per heavy atom. The van der Waals surface area contributed by atoms with Crippen LogP contribution >= 0.6 is 43.2 Å². The van der Waals surface area contributed by atoms with Gasteiger partial charge in [-0.3, -0.25) is 4.79 Å². The minimum atomic E-state index is -0.305. The van der Waals surface area contributed by atoms with E-state index in [4.69, 9.17) is 4.74 Å². The maximum absolute atomic E-state index is 12.7. The van der Waals surface area contributed by atoms with Crippen molar-refractivity contribution in [2.24, 2.45) is 5.10 Å². The van der Waals surface area contributed by atoms with E-state index in [1.54, 1.807) is 18.3 Å². The predicted molar refractivity (Wildman–Crippen MR) is 187 cm³/mol. The molecule has 1 heterocycles. The molecule has 0 aliphatic rings. The Hall–Kier alpha value is -4.31. The molecule has 0 atom stereocenters. The van der Waals surface area contributed by atoms with Gasteiger partial charge in [-0.1, -0.05) is 72.3 Å². The number of aryl methyl sites for hydroxylation is 1. The third-order valence-electron chi connectivity index (χ3n) is 6.90. The normalized spacial score (nSPS) is 11.2. The van der Waals surface area contributed by atoms with E-state index in [0.717, 1.165) is 42.1 Å². The maximum Gasteiger partial charge on any atom is 0.271 e. The highest BCUT2D eigenvalue weighted by molar-refractivity contribution is 9.11. The zero-order valence-electron chi connectivity index (χ0n) is 23.6. The summed E-state index contributed by atoms with van der Waals surface area (Å²) in [6.07, 6.45) is 1.59. The van der Waals surface area contributed by atoms with E-state index < -0.39 is 0 Å². The van der Waals surface area contributed by atoms with Gasteiger partial charge in [-0.15, -0.1) is 11.3 Å². The molecule has 5 aromatic carbocycles. The lowest BCUT2D eigenvalue weighted by Crippen LogP contribution is -2.17. The number of hydrogen-bond donors (Lipinski definition) is 2. The van der Waals surface area contributed by atoms with Crippen LogP contribution in [-0.4, -0.2) is 17.1 Å². The number of nitrogens with one attached hydrogen (secondary N) is 2. The van der Waals surface area contributed by atoms with Crippen LogP contribution in [0.1, 0.15) is 27.0 Å². The number of anilines is 2. The van der Waals surface area contributed by atoms with Gasteiger partial charge in [-0.25, -0.2) is 10.4 Å². The predicted octanol–water partition coefficient (Wildman–Crippen LogP) is 9.88. The van der Waals surface area contributed by atoms with Crippen LogP contribution in [0, 0.1) is 6.92 Å². The van der Waals surface area contributed by atoms with Crippen LogP contribution in [0.15, 0.2) is 123 Å². The van der Waals surface area contributed by atoms with Crippen LogP contribution in [0.5, 0.6) is 5.75 Å². The number of nitrogens with zero attached hydrogens (tertiary/aromatic N) is 2. The summed E-state index contributed by atoms with van der Waals surface area (Å²) in [5.41, 5.74) is 8.96. The maximum atomic E-state index is 12.7. The smallest absolute Gasteiger partial charge is 0.271 e. The standard InChI is InChI=1S/C35H26Br2N4O2S/c1-22-9-15-28(16-10-22)39-35-40-32(21-44-35)25-11-13-26(14-12-25)34(42)41-38-19-23-17-30(36)33(31(37)18-23)43-20-27-7-4-6-24-5-2-3-8-29(24)27/h2-19,21H,20H2,1H3,(H,39,40)(H,41,42)/b38-19-. The monoisotopic (exact) mass is 724 g/mol. The highest BCUT2D eigenvalue weighted by Crippen LogP contribution is 2.35. The van der Waals surface area contributed by atoms with Crippen molar-refractivity contribution >= 4 is 76.9 Å². The number of halogens is 2. The summed E-state index contributed by atoms with van der Waals surface area (Å²) in [6, 6.07) is 33.7. The lowest BCUT2D eigenvalue weighted by atomic mass is 10.1. The number of carbonyl (C=O) groups is 1. The van der Waals surface area contributed by atoms with Gasteiger partial charge in [0.15, 0.2) is 5.13 Å². The fourth-order valence-electron chi connectivity index (χ4n) is 4.61. The average Bonchev–Trinajstić information content (AvgIpc) is 3.50. The minimum absolute atomic E-state index is 0.305. The molecule has 9 heteroatoms.